The number of nitrogens with zero attached hydrogens (tertiary/aromatic N) is 2. The number of nitrogens with one attached hydrogen (secondary N) is 4. The lowest BCUT2D eigenvalue weighted by molar-refractivity contribution is 0.0957. The third-order valence-electron chi connectivity index (χ3n) is 4.83. The van der Waals surface area contributed by atoms with Gasteiger partial charge < -0.3 is 30.7 Å². The van der Waals surface area contributed by atoms with Gasteiger partial charge in [-0.3, -0.25) is 4.79 Å². The van der Waals surface area contributed by atoms with Gasteiger partial charge in [0.05, 0.1) is 23.1 Å². The molecule has 0 atom stereocenters. The molecule has 1 aromatic heterocycles. The summed E-state index contributed by atoms with van der Waals surface area (Å²) < 4.78 is 25.1. The molecule has 2 aliphatic heterocycles. The topological polar surface area (TPSA) is 109 Å². The Morgan fingerprint density at radius 1 is 1.19 bits per heavy atom. The summed E-state index contributed by atoms with van der Waals surface area (Å²) in [5.74, 6) is 0.553. The van der Waals surface area contributed by atoms with Crippen LogP contribution in [0, 0.1) is 5.82 Å². The largest absolute Gasteiger partial charge is 0.488 e. The van der Waals surface area contributed by atoms with Crippen LogP contribution in [0.4, 0.5) is 33.2 Å². The highest BCUT2D eigenvalue weighted by Crippen LogP contribution is 2.37. The third kappa shape index (κ3) is 3.44. The van der Waals surface area contributed by atoms with Crippen molar-refractivity contribution in [2.24, 2.45) is 0 Å². The van der Waals surface area contributed by atoms with Gasteiger partial charge in [-0.2, -0.15) is 4.98 Å². The summed E-state index contributed by atoms with van der Waals surface area (Å²) in [4.78, 5) is 20.6. The molecule has 5 rings (SSSR count). The lowest BCUT2D eigenvalue weighted by atomic mass is 10.0. The van der Waals surface area contributed by atoms with Gasteiger partial charge in [-0.1, -0.05) is 0 Å². The molecule has 0 saturated heterocycles. The molecule has 2 aliphatic rings. The van der Waals surface area contributed by atoms with E-state index in [9.17, 15) is 9.18 Å². The monoisotopic (exact) mass is 420 g/mol. The van der Waals surface area contributed by atoms with Gasteiger partial charge in [0.2, 0.25) is 5.95 Å². The van der Waals surface area contributed by atoms with Gasteiger partial charge in [0.1, 0.15) is 24.4 Å². The normalized spacial score (nSPS) is 12.8. The SMILES string of the molecule is CNC(=O)c1c(Nc2ncc(F)c(Nc3ccc4c(c3)NC=CO4)n2)ccc2c1CO2. The molecule has 0 unspecified atom stereocenters. The van der Waals surface area contributed by atoms with Crippen molar-refractivity contribution in [3.8, 4) is 11.5 Å². The van der Waals surface area contributed by atoms with E-state index in [1.165, 1.54) is 6.26 Å². The fraction of sp³-hybridized carbons (Fsp3) is 0.0952. The highest BCUT2D eigenvalue weighted by molar-refractivity contribution is 6.02. The number of anilines is 5. The zero-order chi connectivity index (χ0) is 21.4. The molecular formula is C21H17FN6O3. The lowest BCUT2D eigenvalue weighted by Crippen LogP contribution is -2.25. The first-order valence-corrected chi connectivity index (χ1v) is 9.42. The molecule has 1 amide bonds. The number of carbonyl (C=O) groups is 1. The average Bonchev–Trinajstić information content (AvgIpc) is 2.77. The predicted molar refractivity (Wildman–Crippen MR) is 113 cm³/mol. The molecule has 156 valence electrons. The number of benzene rings is 2. The highest BCUT2D eigenvalue weighted by Gasteiger charge is 2.26. The number of hydrogen-bond donors (Lipinski definition) is 4. The van der Waals surface area contributed by atoms with Gasteiger partial charge in [-0.15, -0.1) is 0 Å². The molecule has 2 aromatic carbocycles. The van der Waals surface area contributed by atoms with Crippen LogP contribution in [0.2, 0.25) is 0 Å². The number of ether oxygens (including phenoxy) is 2. The van der Waals surface area contributed by atoms with Crippen molar-refractivity contribution < 1.29 is 18.7 Å². The maximum atomic E-state index is 14.4. The van der Waals surface area contributed by atoms with Crippen molar-refractivity contribution >= 4 is 34.7 Å². The fourth-order valence-electron chi connectivity index (χ4n) is 3.29. The second kappa shape index (κ2) is 7.48. The molecule has 3 aromatic rings. The van der Waals surface area contributed by atoms with Crippen LogP contribution < -0.4 is 30.7 Å². The van der Waals surface area contributed by atoms with Gasteiger partial charge in [0, 0.05) is 24.5 Å². The van der Waals surface area contributed by atoms with Crippen molar-refractivity contribution in [1.82, 2.24) is 15.3 Å². The lowest BCUT2D eigenvalue weighted by Gasteiger charge is -2.25. The van der Waals surface area contributed by atoms with Crippen LogP contribution >= 0.6 is 0 Å². The standard InChI is InChI=1S/C21H17FN6O3/c1-23-20(29)18-12-10-31-16(12)5-3-14(18)27-21-25-9-13(22)19(28-21)26-11-2-4-17-15(8-11)24-6-7-30-17/h2-9,24H,10H2,1H3,(H,23,29)(H2,25,26,27,28). The van der Waals surface area contributed by atoms with Gasteiger partial charge in [0.25, 0.3) is 5.91 Å². The molecule has 0 fully saturated rings. The summed E-state index contributed by atoms with van der Waals surface area (Å²) >= 11 is 0. The molecule has 0 aliphatic carbocycles. The van der Waals surface area contributed by atoms with E-state index in [2.05, 4.69) is 31.2 Å². The Balaban J connectivity index is 1.43. The summed E-state index contributed by atoms with van der Waals surface area (Å²) in [5, 5.41) is 11.6. The maximum Gasteiger partial charge on any atom is 0.253 e. The Labute approximate surface area is 176 Å². The molecule has 0 saturated carbocycles. The second-order valence-corrected chi connectivity index (χ2v) is 6.75. The molecule has 3 heterocycles. The number of carbonyl (C=O) groups excluding carboxylic acids is 1. The number of halogens is 1. The zero-order valence-electron chi connectivity index (χ0n) is 16.3. The van der Waals surface area contributed by atoms with E-state index in [0.29, 0.717) is 35.0 Å². The number of amides is 1. The van der Waals surface area contributed by atoms with Crippen LogP contribution in [0.15, 0.2) is 49.0 Å². The molecule has 4 N–H and O–H groups in total. The van der Waals surface area contributed by atoms with E-state index in [-0.39, 0.29) is 17.7 Å². The van der Waals surface area contributed by atoms with E-state index >= 15 is 0 Å². The van der Waals surface area contributed by atoms with Crippen LogP contribution in [-0.2, 0) is 6.61 Å². The van der Waals surface area contributed by atoms with Gasteiger partial charge >= 0.3 is 0 Å². The van der Waals surface area contributed by atoms with E-state index in [4.69, 9.17) is 9.47 Å². The molecule has 10 heteroatoms. The van der Waals surface area contributed by atoms with E-state index in [1.807, 2.05) is 0 Å². The van der Waals surface area contributed by atoms with Gasteiger partial charge in [0.15, 0.2) is 11.6 Å². The van der Waals surface area contributed by atoms with Gasteiger partial charge in [-0.25, -0.2) is 9.37 Å². The summed E-state index contributed by atoms with van der Waals surface area (Å²) in [6, 6.07) is 8.73. The molecule has 9 nitrogen and oxygen atoms in total. The van der Waals surface area contributed by atoms with Crippen molar-refractivity contribution in [1.29, 1.82) is 0 Å². The second-order valence-electron chi connectivity index (χ2n) is 6.75. The Morgan fingerprint density at radius 3 is 2.87 bits per heavy atom. The first-order valence-electron chi connectivity index (χ1n) is 9.42. The third-order valence-corrected chi connectivity index (χ3v) is 4.83. The van der Waals surface area contributed by atoms with Crippen molar-refractivity contribution in [2.45, 2.75) is 6.61 Å². The highest BCUT2D eigenvalue weighted by atomic mass is 19.1. The number of hydrogen-bond acceptors (Lipinski definition) is 8. The van der Waals surface area contributed by atoms with Crippen molar-refractivity contribution in [2.75, 3.05) is 23.0 Å². The fourth-order valence-corrected chi connectivity index (χ4v) is 3.29. The van der Waals surface area contributed by atoms with Crippen LogP contribution in [0.5, 0.6) is 11.5 Å². The minimum atomic E-state index is -0.621. The Hall–Kier alpha value is -4.34. The van der Waals surface area contributed by atoms with Crippen molar-refractivity contribution in [3.63, 3.8) is 0 Å². The minimum Gasteiger partial charge on any atom is -0.488 e. The summed E-state index contributed by atoms with van der Waals surface area (Å²) in [6.45, 7) is 0.343. The Bertz CT molecular complexity index is 1230. The average molecular weight is 420 g/mol. The predicted octanol–water partition coefficient (Wildman–Crippen LogP) is 3.63. The first kappa shape index (κ1) is 18.7. The maximum absolute atomic E-state index is 14.4. The zero-order valence-corrected chi connectivity index (χ0v) is 16.3. The summed E-state index contributed by atoms with van der Waals surface area (Å²) in [7, 11) is 1.55. The number of rotatable bonds is 5. The first-order chi connectivity index (χ1) is 15.1. The van der Waals surface area contributed by atoms with Crippen LogP contribution in [0.3, 0.4) is 0 Å². The molecule has 0 bridgehead atoms. The quantitative estimate of drug-likeness (QED) is 0.496. The smallest absolute Gasteiger partial charge is 0.253 e. The number of aromatic nitrogens is 2. The Morgan fingerprint density at radius 2 is 2.06 bits per heavy atom. The van der Waals surface area contributed by atoms with Crippen molar-refractivity contribution in [3.05, 3.63) is 65.9 Å². The van der Waals surface area contributed by atoms with Gasteiger partial charge in [-0.05, 0) is 30.3 Å². The molecule has 0 spiro atoms. The molecule has 31 heavy (non-hydrogen) atoms. The summed E-state index contributed by atoms with van der Waals surface area (Å²) in [6.07, 6.45) is 4.25. The number of fused-ring (bicyclic) bond motifs is 2. The minimum absolute atomic E-state index is 0.0153. The molecular weight excluding hydrogens is 403 g/mol. The molecule has 0 radical (unpaired) electrons. The van der Waals surface area contributed by atoms with E-state index in [0.717, 1.165) is 17.4 Å². The van der Waals surface area contributed by atoms with E-state index in [1.54, 1.807) is 43.6 Å². The van der Waals surface area contributed by atoms with Crippen LogP contribution in [0.1, 0.15) is 15.9 Å². The van der Waals surface area contributed by atoms with Crippen LogP contribution in [0.25, 0.3) is 0 Å². The summed E-state index contributed by atoms with van der Waals surface area (Å²) in [5.41, 5.74) is 3.09. The van der Waals surface area contributed by atoms with Crippen LogP contribution in [-0.4, -0.2) is 22.9 Å². The van der Waals surface area contributed by atoms with E-state index < -0.39 is 5.82 Å². The Kier molecular flexibility index (Phi) is 4.51.